The zero-order valence-electron chi connectivity index (χ0n) is 8.76. The van der Waals surface area contributed by atoms with Crippen molar-refractivity contribution >= 4 is 0 Å². The van der Waals surface area contributed by atoms with Crippen molar-refractivity contribution in [3.8, 4) is 0 Å². The van der Waals surface area contributed by atoms with Crippen LogP contribution in [0.4, 0.5) is 8.78 Å². The van der Waals surface area contributed by atoms with Crippen molar-refractivity contribution < 1.29 is 8.78 Å². The summed E-state index contributed by atoms with van der Waals surface area (Å²) in [6, 6.07) is 3.96. The van der Waals surface area contributed by atoms with Crippen molar-refractivity contribution in [3.63, 3.8) is 0 Å². The quantitative estimate of drug-likeness (QED) is 0.807. The van der Waals surface area contributed by atoms with Crippen LogP contribution in [0.3, 0.4) is 0 Å². The van der Waals surface area contributed by atoms with Crippen LogP contribution in [-0.4, -0.2) is 6.04 Å². The van der Waals surface area contributed by atoms with E-state index in [-0.39, 0.29) is 11.6 Å². The van der Waals surface area contributed by atoms with Crippen molar-refractivity contribution in [2.75, 3.05) is 0 Å². The van der Waals surface area contributed by atoms with E-state index in [1.807, 2.05) is 0 Å². The van der Waals surface area contributed by atoms with E-state index in [1.165, 1.54) is 25.0 Å². The summed E-state index contributed by atoms with van der Waals surface area (Å²) in [4.78, 5) is 0. The van der Waals surface area contributed by atoms with Crippen molar-refractivity contribution in [1.82, 2.24) is 5.32 Å². The molecular weight excluding hydrogens is 196 g/mol. The van der Waals surface area contributed by atoms with E-state index in [9.17, 15) is 8.78 Å². The Morgan fingerprint density at radius 1 is 1.40 bits per heavy atom. The molecule has 3 heteroatoms. The molecule has 15 heavy (non-hydrogen) atoms. The molecular formula is C12H15F2N. The summed E-state index contributed by atoms with van der Waals surface area (Å²) < 4.78 is 26.1. The van der Waals surface area contributed by atoms with Gasteiger partial charge in [0.05, 0.1) is 0 Å². The maximum absolute atomic E-state index is 13.2. The van der Waals surface area contributed by atoms with E-state index in [4.69, 9.17) is 0 Å². The second kappa shape index (κ2) is 4.27. The van der Waals surface area contributed by atoms with E-state index in [2.05, 4.69) is 12.2 Å². The second-order valence-electron chi connectivity index (χ2n) is 4.24. The fraction of sp³-hybridized carbons (Fsp3) is 0.500. The largest absolute Gasteiger partial charge is 0.310 e. The lowest BCUT2D eigenvalue weighted by Gasteiger charge is -2.12. The molecule has 1 aromatic rings. The molecule has 0 saturated heterocycles. The highest BCUT2D eigenvalue weighted by Crippen LogP contribution is 2.32. The molecule has 0 bridgehead atoms. The molecule has 0 aliphatic heterocycles. The van der Waals surface area contributed by atoms with Crippen LogP contribution in [-0.2, 0) is 6.54 Å². The lowest BCUT2D eigenvalue weighted by atomic mass is 10.1. The minimum absolute atomic E-state index is 0.341. The normalized spacial score (nSPS) is 17.8. The van der Waals surface area contributed by atoms with Gasteiger partial charge in [-0.15, -0.1) is 0 Å². The van der Waals surface area contributed by atoms with Gasteiger partial charge in [-0.25, -0.2) is 8.78 Å². The van der Waals surface area contributed by atoms with Crippen LogP contribution in [0, 0.1) is 17.6 Å². The zero-order chi connectivity index (χ0) is 10.8. The first-order valence-corrected chi connectivity index (χ1v) is 5.34. The molecule has 1 nitrogen and oxygen atoms in total. The summed E-state index contributed by atoms with van der Waals surface area (Å²) in [6.07, 6.45) is 2.50. The Morgan fingerprint density at radius 2 is 2.13 bits per heavy atom. The Hall–Kier alpha value is -0.960. The highest BCUT2D eigenvalue weighted by molar-refractivity contribution is 5.18. The van der Waals surface area contributed by atoms with Crippen LogP contribution in [0.15, 0.2) is 18.2 Å². The Bertz CT molecular complexity index is 347. The third-order valence-corrected chi connectivity index (χ3v) is 2.95. The molecule has 0 heterocycles. The first-order chi connectivity index (χ1) is 7.16. The van der Waals surface area contributed by atoms with Crippen LogP contribution < -0.4 is 5.32 Å². The van der Waals surface area contributed by atoms with Gasteiger partial charge in [0.2, 0.25) is 0 Å². The molecule has 1 atom stereocenters. The lowest BCUT2D eigenvalue weighted by Crippen LogP contribution is -2.27. The number of benzene rings is 1. The topological polar surface area (TPSA) is 12.0 Å². The van der Waals surface area contributed by atoms with Gasteiger partial charge in [-0.2, -0.15) is 0 Å². The summed E-state index contributed by atoms with van der Waals surface area (Å²) in [5.74, 6) is 0.000734. The number of hydrogen-bond acceptors (Lipinski definition) is 1. The SMILES string of the molecule is CC(NCc1cc(F)ccc1F)C1CC1. The minimum atomic E-state index is -0.382. The Kier molecular flexibility index (Phi) is 3.00. The summed E-state index contributed by atoms with van der Waals surface area (Å²) in [5, 5.41) is 3.22. The van der Waals surface area contributed by atoms with Crippen molar-refractivity contribution in [3.05, 3.63) is 35.4 Å². The number of hydrogen-bond donors (Lipinski definition) is 1. The van der Waals surface area contributed by atoms with Gasteiger partial charge in [0, 0.05) is 18.2 Å². The molecule has 0 aromatic heterocycles. The van der Waals surface area contributed by atoms with Gasteiger partial charge in [0.15, 0.2) is 0 Å². The van der Waals surface area contributed by atoms with Gasteiger partial charge < -0.3 is 5.32 Å². The van der Waals surface area contributed by atoms with E-state index in [0.717, 1.165) is 12.0 Å². The van der Waals surface area contributed by atoms with Crippen LogP contribution in [0.25, 0.3) is 0 Å². The van der Waals surface area contributed by atoms with Crippen molar-refractivity contribution in [2.45, 2.75) is 32.4 Å². The molecule has 1 aromatic carbocycles. The van der Waals surface area contributed by atoms with Gasteiger partial charge in [-0.1, -0.05) is 0 Å². The first kappa shape index (κ1) is 10.6. The van der Waals surface area contributed by atoms with Crippen LogP contribution in [0.2, 0.25) is 0 Å². The van der Waals surface area contributed by atoms with Gasteiger partial charge in [-0.3, -0.25) is 0 Å². The third kappa shape index (κ3) is 2.75. The van der Waals surface area contributed by atoms with E-state index < -0.39 is 0 Å². The number of nitrogens with one attached hydrogen (secondary N) is 1. The van der Waals surface area contributed by atoms with Crippen molar-refractivity contribution in [1.29, 1.82) is 0 Å². The lowest BCUT2D eigenvalue weighted by molar-refractivity contribution is 0.483. The average Bonchev–Trinajstić information content (AvgIpc) is 3.02. The fourth-order valence-electron chi connectivity index (χ4n) is 1.71. The highest BCUT2D eigenvalue weighted by atomic mass is 19.1. The summed E-state index contributed by atoms with van der Waals surface area (Å²) in [6.45, 7) is 2.50. The van der Waals surface area contributed by atoms with Gasteiger partial charge in [0.25, 0.3) is 0 Å². The Labute approximate surface area is 88.5 Å². The summed E-state index contributed by atoms with van der Waals surface area (Å²) >= 11 is 0. The zero-order valence-corrected chi connectivity index (χ0v) is 8.76. The maximum Gasteiger partial charge on any atom is 0.127 e. The monoisotopic (exact) mass is 211 g/mol. The van der Waals surface area contributed by atoms with E-state index in [0.29, 0.717) is 18.2 Å². The molecule has 82 valence electrons. The van der Waals surface area contributed by atoms with Crippen LogP contribution in [0.1, 0.15) is 25.3 Å². The molecule has 1 aliphatic rings. The van der Waals surface area contributed by atoms with Crippen LogP contribution >= 0.6 is 0 Å². The fourth-order valence-corrected chi connectivity index (χ4v) is 1.71. The van der Waals surface area contributed by atoms with E-state index >= 15 is 0 Å². The summed E-state index contributed by atoms with van der Waals surface area (Å²) in [5.41, 5.74) is 0.405. The molecule has 0 spiro atoms. The molecule has 1 unspecified atom stereocenters. The molecule has 1 fully saturated rings. The third-order valence-electron chi connectivity index (χ3n) is 2.95. The molecule has 1 aliphatic carbocycles. The Morgan fingerprint density at radius 3 is 2.80 bits per heavy atom. The number of rotatable bonds is 4. The molecule has 2 rings (SSSR count). The predicted octanol–water partition coefficient (Wildman–Crippen LogP) is 2.85. The minimum Gasteiger partial charge on any atom is -0.310 e. The molecule has 1 saturated carbocycles. The van der Waals surface area contributed by atoms with Crippen LogP contribution in [0.5, 0.6) is 0 Å². The Balaban J connectivity index is 1.94. The maximum atomic E-state index is 13.2. The molecule has 0 radical (unpaired) electrons. The number of halogens is 2. The average molecular weight is 211 g/mol. The van der Waals surface area contributed by atoms with Crippen molar-refractivity contribution in [2.24, 2.45) is 5.92 Å². The van der Waals surface area contributed by atoms with Gasteiger partial charge >= 0.3 is 0 Å². The second-order valence-corrected chi connectivity index (χ2v) is 4.24. The predicted molar refractivity (Wildman–Crippen MR) is 55.4 cm³/mol. The first-order valence-electron chi connectivity index (χ1n) is 5.34. The van der Waals surface area contributed by atoms with E-state index in [1.54, 1.807) is 0 Å². The highest BCUT2D eigenvalue weighted by Gasteiger charge is 2.27. The van der Waals surface area contributed by atoms with Gasteiger partial charge in [0.1, 0.15) is 11.6 Å². The standard InChI is InChI=1S/C12H15F2N/c1-8(9-2-3-9)15-7-10-6-11(13)4-5-12(10)14/h4-6,8-9,15H,2-3,7H2,1H3. The summed E-state index contributed by atoms with van der Waals surface area (Å²) in [7, 11) is 0. The molecule has 1 N–H and O–H groups in total. The smallest absolute Gasteiger partial charge is 0.127 e. The molecule has 0 amide bonds. The van der Waals surface area contributed by atoms with Gasteiger partial charge in [-0.05, 0) is 43.9 Å².